The van der Waals surface area contributed by atoms with Crippen LogP contribution in [-0.2, 0) is 19.0 Å². The molecule has 0 radical (unpaired) electrons. The van der Waals surface area contributed by atoms with Gasteiger partial charge in [-0.2, -0.15) is 0 Å². The van der Waals surface area contributed by atoms with E-state index in [9.17, 15) is 66.1 Å². The molecule has 56 heavy (non-hydrogen) atoms. The van der Waals surface area contributed by atoms with Crippen molar-refractivity contribution in [3.05, 3.63) is 66.2 Å². The summed E-state index contributed by atoms with van der Waals surface area (Å²) in [4.78, 5) is 12.5. The first-order valence-corrected chi connectivity index (χ1v) is 16.5. The van der Waals surface area contributed by atoms with Crippen molar-refractivity contribution in [2.24, 2.45) is 0 Å². The number of benzene rings is 3. The molecule has 0 amide bonds. The fourth-order valence-corrected chi connectivity index (χ4v) is 5.81. The zero-order valence-electron chi connectivity index (χ0n) is 28.6. The number of carbonyl (C=O) groups excluding carboxylic acids is 1. The Morgan fingerprint density at radius 2 is 1.27 bits per heavy atom. The number of hydrogen-bond donors (Lipinski definition) is 12. The summed E-state index contributed by atoms with van der Waals surface area (Å²) >= 11 is 0. The molecule has 12 N–H and O–H groups in total. The first-order chi connectivity index (χ1) is 26.1. The Balaban J connectivity index is 0.00000600. The lowest BCUT2D eigenvalue weighted by atomic mass is 9.99. The summed E-state index contributed by atoms with van der Waals surface area (Å²) in [5.74, 6) is -3.99. The van der Waals surface area contributed by atoms with E-state index in [0.717, 1.165) is 30.3 Å². The van der Waals surface area contributed by atoms with E-state index in [1.807, 2.05) is 0 Å². The average Bonchev–Trinajstić information content (AvgIpc) is 3.16. The highest BCUT2D eigenvalue weighted by atomic mass is 35.5. The third-order valence-corrected chi connectivity index (χ3v) is 8.84. The molecule has 2 aliphatic rings. The van der Waals surface area contributed by atoms with E-state index in [2.05, 4.69) is 0 Å². The lowest BCUT2D eigenvalue weighted by Crippen LogP contribution is -3.00. The third kappa shape index (κ3) is 8.77. The number of esters is 1. The number of aromatic hydroxyl groups is 5. The van der Waals surface area contributed by atoms with Gasteiger partial charge in [0.2, 0.25) is 18.3 Å². The summed E-state index contributed by atoms with van der Waals surface area (Å²) in [7, 11) is 0. The molecule has 0 spiro atoms. The Labute approximate surface area is 321 Å². The van der Waals surface area contributed by atoms with Crippen LogP contribution in [0.3, 0.4) is 0 Å². The van der Waals surface area contributed by atoms with E-state index in [1.54, 1.807) is 0 Å². The summed E-state index contributed by atoms with van der Waals surface area (Å²) in [6.45, 7) is -1.42. The molecule has 0 unspecified atom stereocenters. The third-order valence-electron chi connectivity index (χ3n) is 8.84. The van der Waals surface area contributed by atoms with Gasteiger partial charge in [-0.15, -0.1) is 0 Å². The predicted octanol–water partition coefficient (Wildman–Crippen LogP) is -3.47. The lowest BCUT2D eigenvalue weighted by molar-refractivity contribution is -0.278. The molecule has 302 valence electrons. The standard InChI is InChI=1S/C36H36O19.ClH/c37-12-25-28(44)30(46)32(48)35(54-25)52-23-10-16(38)9-22-17(23)11-24(34(51-22)15-3-5-19(40)21(42)8-15)53-36-33(49)31(47)29(45)26(55-36)13-50-27(43)6-2-14-1-4-18(39)20(41)7-14;/h1-11,25-26,28-33,35-37,44-49H,12-13H2,(H4-,38,39,40,41,42,43);1H/t25-,26-,28-,29-,30+,31+,32-,33-,35-,36-;/m1./s1. The molecule has 6 rings (SSSR count). The highest BCUT2D eigenvalue weighted by molar-refractivity contribution is 5.89. The molecule has 2 fully saturated rings. The highest BCUT2D eigenvalue weighted by Gasteiger charge is 2.47. The number of fused-ring (bicyclic) bond motifs is 1. The number of halogens is 1. The van der Waals surface area contributed by atoms with E-state index in [0.29, 0.717) is 5.56 Å². The summed E-state index contributed by atoms with van der Waals surface area (Å²) in [6.07, 6.45) is -15.1. The molecule has 0 bridgehead atoms. The van der Waals surface area contributed by atoms with Crippen LogP contribution in [-0.4, -0.2) is 142 Å². The Hall–Kier alpha value is -5.19. The van der Waals surface area contributed by atoms with E-state index in [1.165, 1.54) is 36.4 Å². The maximum Gasteiger partial charge on any atom is 0.402 e. The van der Waals surface area contributed by atoms with E-state index in [4.69, 9.17) is 28.1 Å². The van der Waals surface area contributed by atoms with Gasteiger partial charge in [0.05, 0.1) is 18.2 Å². The van der Waals surface area contributed by atoms with Crippen LogP contribution in [0.25, 0.3) is 28.4 Å². The minimum Gasteiger partial charge on any atom is -1.00 e. The maximum atomic E-state index is 12.5. The Bertz CT molecular complexity index is 2060. The van der Waals surface area contributed by atoms with E-state index >= 15 is 0 Å². The summed E-state index contributed by atoms with van der Waals surface area (Å²) < 4.78 is 34.2. The van der Waals surface area contributed by atoms with Gasteiger partial charge in [0.1, 0.15) is 72.3 Å². The van der Waals surface area contributed by atoms with Crippen LogP contribution in [0.1, 0.15) is 5.56 Å². The normalized spacial score (nSPS) is 27.8. The first kappa shape index (κ1) is 42.0. The second-order valence-electron chi connectivity index (χ2n) is 12.7. The van der Waals surface area contributed by atoms with Gasteiger partial charge in [0, 0.05) is 24.3 Å². The smallest absolute Gasteiger partial charge is 0.402 e. The minimum absolute atomic E-state index is 0. The quantitative estimate of drug-likeness (QED) is 0.0321. The van der Waals surface area contributed by atoms with Crippen molar-refractivity contribution in [3.8, 4) is 51.6 Å². The van der Waals surface area contributed by atoms with Crippen molar-refractivity contribution in [1.82, 2.24) is 0 Å². The molecule has 4 aromatic rings. The molecule has 2 aliphatic heterocycles. The van der Waals surface area contributed by atoms with Gasteiger partial charge in [0.25, 0.3) is 0 Å². The van der Waals surface area contributed by atoms with Crippen LogP contribution in [0.15, 0.2) is 65.1 Å². The van der Waals surface area contributed by atoms with Crippen molar-refractivity contribution in [2.45, 2.75) is 61.4 Å². The fourth-order valence-electron chi connectivity index (χ4n) is 5.81. The predicted molar refractivity (Wildman–Crippen MR) is 183 cm³/mol. The summed E-state index contributed by atoms with van der Waals surface area (Å²) in [5, 5.41) is 123. The van der Waals surface area contributed by atoms with Crippen molar-refractivity contribution in [1.29, 1.82) is 0 Å². The first-order valence-electron chi connectivity index (χ1n) is 16.5. The van der Waals surface area contributed by atoms with Crippen LogP contribution >= 0.6 is 0 Å². The second-order valence-corrected chi connectivity index (χ2v) is 12.7. The zero-order chi connectivity index (χ0) is 39.7. The van der Waals surface area contributed by atoms with Crippen molar-refractivity contribution in [2.75, 3.05) is 13.2 Å². The van der Waals surface area contributed by atoms with Gasteiger partial charge in [0.15, 0.2) is 23.0 Å². The van der Waals surface area contributed by atoms with Crippen LogP contribution in [0.4, 0.5) is 0 Å². The number of ether oxygens (including phenoxy) is 5. The van der Waals surface area contributed by atoms with Crippen LogP contribution in [0.2, 0.25) is 0 Å². The minimum atomic E-state index is -1.94. The molecule has 2 saturated heterocycles. The molecule has 3 heterocycles. The molecule has 20 heteroatoms. The van der Waals surface area contributed by atoms with Gasteiger partial charge in [-0.1, -0.05) is 6.07 Å². The van der Waals surface area contributed by atoms with Gasteiger partial charge >= 0.3 is 17.3 Å². The van der Waals surface area contributed by atoms with Crippen LogP contribution in [0.5, 0.6) is 40.2 Å². The number of aliphatic hydroxyl groups is 7. The monoisotopic (exact) mass is 808 g/mol. The SMILES string of the molecule is O=C(/C=C/c1ccc(O)c(O)c1)OC[C@H]1O[C@@H](Oc2cc3c(O[C@@H]4O[C@H](CO)[C@@H](O)[C@H](O)[C@H]4O)cc(O)cc3[o+]c2-c2ccc(O)c(O)c2)[C@H](O)[C@@H](O)[C@@H]1O.[Cl-]. The molecule has 3 aromatic carbocycles. The van der Waals surface area contributed by atoms with Crippen molar-refractivity contribution < 1.29 is 107 Å². The molecule has 0 aliphatic carbocycles. The largest absolute Gasteiger partial charge is 1.00 e. The second kappa shape index (κ2) is 17.3. The van der Waals surface area contributed by atoms with Gasteiger partial charge in [-0.05, 0) is 35.9 Å². The van der Waals surface area contributed by atoms with Crippen LogP contribution < -0.4 is 21.9 Å². The number of hydrogen-bond acceptors (Lipinski definition) is 18. The van der Waals surface area contributed by atoms with Gasteiger partial charge in [-0.3, -0.25) is 0 Å². The molecular formula is C36H37ClO19. The summed E-state index contributed by atoms with van der Waals surface area (Å²) in [6, 6.07) is 10.8. The number of rotatable bonds is 10. The molecule has 0 saturated carbocycles. The zero-order valence-corrected chi connectivity index (χ0v) is 29.4. The highest BCUT2D eigenvalue weighted by Crippen LogP contribution is 2.43. The van der Waals surface area contributed by atoms with Crippen molar-refractivity contribution >= 4 is 23.0 Å². The lowest BCUT2D eigenvalue weighted by Gasteiger charge is -2.39. The van der Waals surface area contributed by atoms with Crippen LogP contribution in [0, 0.1) is 0 Å². The molecule has 1 aromatic heterocycles. The average molecular weight is 809 g/mol. The fraction of sp³-hybridized carbons (Fsp3) is 0.333. The number of aliphatic hydroxyl groups excluding tert-OH is 7. The topological polar surface area (TPSA) is 317 Å². The molecular weight excluding hydrogens is 772 g/mol. The Morgan fingerprint density at radius 1 is 0.679 bits per heavy atom. The van der Waals surface area contributed by atoms with E-state index in [-0.39, 0.29) is 51.9 Å². The summed E-state index contributed by atoms with van der Waals surface area (Å²) in [5.41, 5.74) is 0.288. The Morgan fingerprint density at radius 3 is 1.89 bits per heavy atom. The van der Waals surface area contributed by atoms with Crippen molar-refractivity contribution in [3.63, 3.8) is 0 Å². The Kier molecular flexibility index (Phi) is 13.0. The molecule has 10 atom stereocenters. The number of phenols is 5. The molecule has 19 nitrogen and oxygen atoms in total. The maximum absolute atomic E-state index is 12.5. The van der Waals surface area contributed by atoms with Gasteiger partial charge < -0.3 is 97.4 Å². The number of carbonyl (C=O) groups is 1. The van der Waals surface area contributed by atoms with Gasteiger partial charge in [-0.25, -0.2) is 9.21 Å². The number of phenolic OH excluding ortho intramolecular Hbond substituents is 5. The van der Waals surface area contributed by atoms with E-state index < -0.39 is 104 Å².